The van der Waals surface area contributed by atoms with Crippen LogP contribution in [0.25, 0.3) is 0 Å². The van der Waals surface area contributed by atoms with Gasteiger partial charge >= 0.3 is 0 Å². The topological polar surface area (TPSA) is 56.2 Å². The molecule has 112 valence electrons. The quantitative estimate of drug-likeness (QED) is 0.919. The van der Waals surface area contributed by atoms with Gasteiger partial charge in [0.15, 0.2) is 0 Å². The Bertz CT molecular complexity index is 647. The van der Waals surface area contributed by atoms with Crippen LogP contribution in [0.3, 0.4) is 0 Å². The molecule has 0 aliphatic carbocycles. The first-order chi connectivity index (χ1) is 10.1. The van der Waals surface area contributed by atoms with E-state index in [2.05, 4.69) is 17.3 Å². The summed E-state index contributed by atoms with van der Waals surface area (Å²) in [7, 11) is 3.44. The number of benzene rings is 1. The van der Waals surface area contributed by atoms with E-state index in [1.165, 1.54) is 0 Å². The van der Waals surface area contributed by atoms with Crippen molar-refractivity contribution in [1.29, 1.82) is 0 Å². The zero-order valence-corrected chi connectivity index (χ0v) is 12.9. The standard InChI is InChI=1S/C16H21N3O2/c1-5-13-11(2)16(19(3)18-13)17-15(20)10-12-8-6-7-9-14(12)21-4/h6-9H,5,10H2,1-4H3,(H,17,20). The summed E-state index contributed by atoms with van der Waals surface area (Å²) in [6.07, 6.45) is 1.12. The molecule has 21 heavy (non-hydrogen) atoms. The van der Waals surface area contributed by atoms with E-state index in [9.17, 15) is 4.79 Å². The van der Waals surface area contributed by atoms with Crippen molar-refractivity contribution in [3.8, 4) is 5.75 Å². The molecule has 0 fully saturated rings. The van der Waals surface area contributed by atoms with Crippen LogP contribution in [0.1, 0.15) is 23.7 Å². The molecule has 0 bridgehead atoms. The van der Waals surface area contributed by atoms with Gasteiger partial charge in [0.1, 0.15) is 11.6 Å². The normalized spacial score (nSPS) is 10.5. The van der Waals surface area contributed by atoms with Gasteiger partial charge in [0, 0.05) is 18.2 Å². The Hall–Kier alpha value is -2.30. The van der Waals surface area contributed by atoms with Crippen molar-refractivity contribution in [1.82, 2.24) is 9.78 Å². The number of nitrogens with one attached hydrogen (secondary N) is 1. The second kappa shape index (κ2) is 6.43. The molecule has 0 spiro atoms. The van der Waals surface area contributed by atoms with Gasteiger partial charge in [-0.1, -0.05) is 25.1 Å². The maximum Gasteiger partial charge on any atom is 0.230 e. The monoisotopic (exact) mass is 287 g/mol. The first kappa shape index (κ1) is 15.1. The number of amides is 1. The molecule has 0 saturated carbocycles. The van der Waals surface area contributed by atoms with Crippen LogP contribution < -0.4 is 10.1 Å². The summed E-state index contributed by atoms with van der Waals surface area (Å²) in [4.78, 5) is 12.2. The largest absolute Gasteiger partial charge is 0.496 e. The third kappa shape index (κ3) is 3.24. The Morgan fingerprint density at radius 1 is 1.38 bits per heavy atom. The average molecular weight is 287 g/mol. The minimum absolute atomic E-state index is 0.0757. The highest BCUT2D eigenvalue weighted by Crippen LogP contribution is 2.21. The Morgan fingerprint density at radius 2 is 2.10 bits per heavy atom. The van der Waals surface area contributed by atoms with Crippen LogP contribution in [0.2, 0.25) is 0 Å². The minimum Gasteiger partial charge on any atom is -0.496 e. The highest BCUT2D eigenvalue weighted by molar-refractivity contribution is 5.92. The van der Waals surface area contributed by atoms with Gasteiger partial charge < -0.3 is 10.1 Å². The predicted molar refractivity (Wildman–Crippen MR) is 82.7 cm³/mol. The van der Waals surface area contributed by atoms with Crippen LogP contribution in [0.15, 0.2) is 24.3 Å². The van der Waals surface area contributed by atoms with Crippen molar-refractivity contribution in [2.75, 3.05) is 12.4 Å². The van der Waals surface area contributed by atoms with Gasteiger partial charge in [-0.2, -0.15) is 5.10 Å². The van der Waals surface area contributed by atoms with Crippen molar-refractivity contribution >= 4 is 11.7 Å². The highest BCUT2D eigenvalue weighted by atomic mass is 16.5. The molecule has 5 heteroatoms. The molecule has 5 nitrogen and oxygen atoms in total. The van der Waals surface area contributed by atoms with Gasteiger partial charge in [-0.25, -0.2) is 0 Å². The molecule has 0 unspecified atom stereocenters. The fraction of sp³-hybridized carbons (Fsp3) is 0.375. The zero-order chi connectivity index (χ0) is 15.4. The predicted octanol–water partition coefficient (Wildman–Crippen LogP) is 2.48. The van der Waals surface area contributed by atoms with Crippen LogP contribution in [0.4, 0.5) is 5.82 Å². The number of hydrogen-bond acceptors (Lipinski definition) is 3. The Labute approximate surface area is 124 Å². The van der Waals surface area contributed by atoms with Crippen molar-refractivity contribution in [3.05, 3.63) is 41.1 Å². The van der Waals surface area contributed by atoms with Crippen molar-refractivity contribution in [3.63, 3.8) is 0 Å². The summed E-state index contributed by atoms with van der Waals surface area (Å²) in [5.41, 5.74) is 2.89. The molecule has 0 atom stereocenters. The van der Waals surface area contributed by atoms with Crippen LogP contribution in [0, 0.1) is 6.92 Å². The lowest BCUT2D eigenvalue weighted by atomic mass is 10.1. The molecule has 1 aromatic heterocycles. The molecular weight excluding hydrogens is 266 g/mol. The number of hydrogen-bond donors (Lipinski definition) is 1. The number of para-hydroxylation sites is 1. The number of carbonyl (C=O) groups is 1. The van der Waals surface area contributed by atoms with E-state index in [4.69, 9.17) is 4.74 Å². The van der Waals surface area contributed by atoms with Crippen LogP contribution in [-0.2, 0) is 24.7 Å². The fourth-order valence-electron chi connectivity index (χ4n) is 2.39. The summed E-state index contributed by atoms with van der Waals surface area (Å²) < 4.78 is 6.98. The van der Waals surface area contributed by atoms with Crippen LogP contribution in [-0.4, -0.2) is 22.8 Å². The Balaban J connectivity index is 2.14. The lowest BCUT2D eigenvalue weighted by molar-refractivity contribution is -0.115. The smallest absolute Gasteiger partial charge is 0.230 e. The third-order valence-electron chi connectivity index (χ3n) is 3.52. The Morgan fingerprint density at radius 3 is 2.71 bits per heavy atom. The number of ether oxygens (including phenoxy) is 1. The second-order valence-electron chi connectivity index (χ2n) is 4.93. The third-order valence-corrected chi connectivity index (χ3v) is 3.52. The number of nitrogens with zero attached hydrogens (tertiary/aromatic N) is 2. The maximum atomic E-state index is 12.2. The molecular formula is C16H21N3O2. The zero-order valence-electron chi connectivity index (χ0n) is 12.9. The van der Waals surface area contributed by atoms with Gasteiger partial charge in [0.05, 0.1) is 19.2 Å². The van der Waals surface area contributed by atoms with E-state index in [0.29, 0.717) is 0 Å². The van der Waals surface area contributed by atoms with Crippen molar-refractivity contribution in [2.45, 2.75) is 26.7 Å². The summed E-state index contributed by atoms with van der Waals surface area (Å²) in [5, 5.41) is 7.34. The molecule has 1 amide bonds. The molecule has 0 aliphatic rings. The van der Waals surface area contributed by atoms with E-state index in [0.717, 1.165) is 34.8 Å². The van der Waals surface area contributed by atoms with E-state index >= 15 is 0 Å². The lowest BCUT2D eigenvalue weighted by Gasteiger charge is -2.09. The SMILES string of the molecule is CCc1nn(C)c(NC(=O)Cc2ccccc2OC)c1C. The maximum absolute atomic E-state index is 12.2. The van der Waals surface area contributed by atoms with E-state index in [1.807, 2.05) is 38.2 Å². The number of aryl methyl sites for hydroxylation is 2. The number of carbonyl (C=O) groups excluding carboxylic acids is 1. The van der Waals surface area contributed by atoms with Gasteiger partial charge in [-0.15, -0.1) is 0 Å². The summed E-state index contributed by atoms with van der Waals surface area (Å²) >= 11 is 0. The number of aromatic nitrogens is 2. The van der Waals surface area contributed by atoms with E-state index in [1.54, 1.807) is 11.8 Å². The molecule has 1 heterocycles. The Kier molecular flexibility index (Phi) is 4.62. The molecule has 1 aromatic carbocycles. The molecule has 0 radical (unpaired) electrons. The van der Waals surface area contributed by atoms with Crippen LogP contribution in [0.5, 0.6) is 5.75 Å². The molecule has 2 aromatic rings. The molecule has 0 aliphatic heterocycles. The lowest BCUT2D eigenvalue weighted by Crippen LogP contribution is -2.17. The molecule has 0 saturated heterocycles. The van der Waals surface area contributed by atoms with E-state index < -0.39 is 0 Å². The van der Waals surface area contributed by atoms with Crippen molar-refractivity contribution in [2.24, 2.45) is 7.05 Å². The number of anilines is 1. The first-order valence-corrected chi connectivity index (χ1v) is 7.01. The summed E-state index contributed by atoms with van der Waals surface area (Å²) in [6.45, 7) is 4.03. The van der Waals surface area contributed by atoms with Gasteiger partial charge in [0.25, 0.3) is 0 Å². The highest BCUT2D eigenvalue weighted by Gasteiger charge is 2.15. The minimum atomic E-state index is -0.0757. The van der Waals surface area contributed by atoms with E-state index in [-0.39, 0.29) is 12.3 Å². The number of methoxy groups -OCH3 is 1. The second-order valence-corrected chi connectivity index (χ2v) is 4.93. The van der Waals surface area contributed by atoms with Crippen molar-refractivity contribution < 1.29 is 9.53 Å². The summed E-state index contributed by atoms with van der Waals surface area (Å²) in [6, 6.07) is 7.54. The van der Waals surface area contributed by atoms with Crippen LogP contribution >= 0.6 is 0 Å². The number of rotatable bonds is 5. The average Bonchev–Trinajstić information content (AvgIpc) is 2.75. The fourth-order valence-corrected chi connectivity index (χ4v) is 2.39. The van der Waals surface area contributed by atoms with Gasteiger partial charge in [-0.05, 0) is 19.4 Å². The van der Waals surface area contributed by atoms with Gasteiger partial charge in [-0.3, -0.25) is 9.48 Å². The summed E-state index contributed by atoms with van der Waals surface area (Å²) in [5.74, 6) is 1.41. The molecule has 1 N–H and O–H groups in total. The molecule has 2 rings (SSSR count). The first-order valence-electron chi connectivity index (χ1n) is 7.01. The van der Waals surface area contributed by atoms with Gasteiger partial charge in [0.2, 0.25) is 5.91 Å².